The second-order valence-corrected chi connectivity index (χ2v) is 10.2. The Morgan fingerprint density at radius 3 is 2.20 bits per heavy atom. The van der Waals surface area contributed by atoms with Crippen LogP contribution in [0.4, 0.5) is 0 Å². The van der Waals surface area contributed by atoms with Crippen molar-refractivity contribution in [1.82, 2.24) is 0 Å². The molecular weight excluding hydrogens is 448 g/mol. The van der Waals surface area contributed by atoms with Crippen molar-refractivity contribution in [2.45, 2.75) is 78.8 Å². The summed E-state index contributed by atoms with van der Waals surface area (Å²) >= 11 is 0. The fourth-order valence-corrected chi connectivity index (χ4v) is 4.81. The SMILES string of the molecule is Cc1c(C)c2c(c(C)c1OCc1ccccc1)CCC(C)(CC(=O)C1C(=O)OC(C)(C)OC1=O)O2. The first kappa shape index (κ1) is 24.8. The predicted octanol–water partition coefficient (Wildman–Crippen LogP) is 4.69. The summed E-state index contributed by atoms with van der Waals surface area (Å²) in [5, 5.41) is 0. The van der Waals surface area contributed by atoms with Crippen molar-refractivity contribution in [3.8, 4) is 11.5 Å². The van der Waals surface area contributed by atoms with E-state index in [0.29, 0.717) is 19.4 Å². The summed E-state index contributed by atoms with van der Waals surface area (Å²) in [6.07, 6.45) is 1.13. The molecule has 35 heavy (non-hydrogen) atoms. The summed E-state index contributed by atoms with van der Waals surface area (Å²) in [4.78, 5) is 37.7. The maximum absolute atomic E-state index is 13.0. The van der Waals surface area contributed by atoms with Gasteiger partial charge in [0.2, 0.25) is 5.92 Å². The van der Waals surface area contributed by atoms with Crippen LogP contribution in [-0.2, 0) is 36.9 Å². The van der Waals surface area contributed by atoms with Gasteiger partial charge in [0.1, 0.15) is 23.7 Å². The molecule has 2 aliphatic rings. The van der Waals surface area contributed by atoms with Gasteiger partial charge >= 0.3 is 11.9 Å². The Balaban J connectivity index is 1.53. The van der Waals surface area contributed by atoms with Crippen LogP contribution < -0.4 is 9.47 Å². The number of esters is 2. The number of ether oxygens (including phenoxy) is 4. The smallest absolute Gasteiger partial charge is 0.331 e. The number of hydrogen-bond donors (Lipinski definition) is 0. The Hall–Kier alpha value is -3.35. The number of Topliss-reactive ketones (excluding diaryl/α,β-unsaturated/α-hetero) is 1. The molecule has 0 aliphatic carbocycles. The topological polar surface area (TPSA) is 88.1 Å². The van der Waals surface area contributed by atoms with E-state index in [2.05, 4.69) is 0 Å². The van der Waals surface area contributed by atoms with Gasteiger partial charge in [-0.3, -0.25) is 14.4 Å². The molecule has 0 radical (unpaired) electrons. The molecule has 2 aromatic carbocycles. The van der Waals surface area contributed by atoms with Gasteiger partial charge in [-0.1, -0.05) is 30.3 Å². The number of benzene rings is 2. The van der Waals surface area contributed by atoms with Crippen LogP contribution >= 0.6 is 0 Å². The minimum Gasteiger partial charge on any atom is -0.488 e. The van der Waals surface area contributed by atoms with Crippen molar-refractivity contribution in [3.63, 3.8) is 0 Å². The molecule has 186 valence electrons. The van der Waals surface area contributed by atoms with Crippen LogP contribution in [0.3, 0.4) is 0 Å². The van der Waals surface area contributed by atoms with E-state index in [-0.39, 0.29) is 6.42 Å². The van der Waals surface area contributed by atoms with Gasteiger partial charge in [-0.05, 0) is 62.8 Å². The molecule has 0 N–H and O–H groups in total. The maximum atomic E-state index is 13.0. The molecule has 7 nitrogen and oxygen atoms in total. The quantitative estimate of drug-likeness (QED) is 0.438. The van der Waals surface area contributed by atoms with Crippen LogP contribution in [0.5, 0.6) is 11.5 Å². The highest BCUT2D eigenvalue weighted by Crippen LogP contribution is 2.45. The fourth-order valence-electron chi connectivity index (χ4n) is 4.81. The summed E-state index contributed by atoms with van der Waals surface area (Å²) in [5.41, 5.74) is 4.23. The molecule has 0 saturated carbocycles. The monoisotopic (exact) mass is 480 g/mol. The van der Waals surface area contributed by atoms with E-state index in [4.69, 9.17) is 18.9 Å². The lowest BCUT2D eigenvalue weighted by molar-refractivity contribution is -0.238. The van der Waals surface area contributed by atoms with Crippen LogP contribution in [0.15, 0.2) is 30.3 Å². The standard InChI is InChI=1S/C28H32O7/c1-16-17(2)24-20(18(3)23(16)32-15-19-10-8-7-9-11-19)12-13-28(6,33-24)14-21(29)22-25(30)34-27(4,5)35-26(22)31/h7-11,22H,12-15H2,1-6H3. The summed E-state index contributed by atoms with van der Waals surface area (Å²) in [6, 6.07) is 10.0. The molecule has 7 heteroatoms. The van der Waals surface area contributed by atoms with Crippen LogP contribution in [0, 0.1) is 26.7 Å². The molecule has 1 fully saturated rings. The highest BCUT2D eigenvalue weighted by Gasteiger charge is 2.49. The third-order valence-corrected chi connectivity index (χ3v) is 6.82. The molecule has 1 unspecified atom stereocenters. The van der Waals surface area contributed by atoms with Crippen LogP contribution in [0.25, 0.3) is 0 Å². The van der Waals surface area contributed by atoms with E-state index < -0.39 is 35.0 Å². The molecule has 0 spiro atoms. The van der Waals surface area contributed by atoms with E-state index in [1.54, 1.807) is 0 Å². The van der Waals surface area contributed by atoms with Gasteiger partial charge < -0.3 is 18.9 Å². The summed E-state index contributed by atoms with van der Waals surface area (Å²) in [6.45, 7) is 11.2. The third-order valence-electron chi connectivity index (χ3n) is 6.82. The van der Waals surface area contributed by atoms with Gasteiger partial charge in [-0.2, -0.15) is 0 Å². The molecule has 2 aliphatic heterocycles. The molecule has 2 aromatic rings. The lowest BCUT2D eigenvalue weighted by Crippen LogP contribution is -2.51. The Morgan fingerprint density at radius 1 is 0.943 bits per heavy atom. The molecule has 0 bridgehead atoms. The van der Waals surface area contributed by atoms with Crippen molar-refractivity contribution in [2.24, 2.45) is 5.92 Å². The summed E-state index contributed by atoms with van der Waals surface area (Å²) in [7, 11) is 0. The Kier molecular flexibility index (Phi) is 6.38. The number of ketones is 1. The lowest BCUT2D eigenvalue weighted by atomic mass is 9.83. The highest BCUT2D eigenvalue weighted by atomic mass is 16.7. The van der Waals surface area contributed by atoms with Crippen molar-refractivity contribution in [3.05, 3.63) is 58.1 Å². The second kappa shape index (κ2) is 9.02. The third kappa shape index (κ3) is 4.90. The summed E-state index contributed by atoms with van der Waals surface area (Å²) < 4.78 is 22.9. The van der Waals surface area contributed by atoms with E-state index >= 15 is 0 Å². The average molecular weight is 481 g/mol. The number of rotatable bonds is 6. The zero-order chi connectivity index (χ0) is 25.5. The van der Waals surface area contributed by atoms with Crippen molar-refractivity contribution < 1.29 is 33.3 Å². The number of hydrogen-bond acceptors (Lipinski definition) is 7. The molecule has 0 amide bonds. The minimum atomic E-state index is -1.58. The zero-order valence-corrected chi connectivity index (χ0v) is 21.2. The van der Waals surface area contributed by atoms with Crippen molar-refractivity contribution in [1.29, 1.82) is 0 Å². The van der Waals surface area contributed by atoms with Gasteiger partial charge in [0.05, 0.1) is 0 Å². The van der Waals surface area contributed by atoms with E-state index in [0.717, 1.165) is 39.3 Å². The van der Waals surface area contributed by atoms with E-state index in [9.17, 15) is 14.4 Å². The molecule has 4 rings (SSSR count). The second-order valence-electron chi connectivity index (χ2n) is 10.2. The summed E-state index contributed by atoms with van der Waals surface area (Å²) in [5.74, 6) is -3.68. The fraction of sp³-hybridized carbons (Fsp3) is 0.464. The van der Waals surface area contributed by atoms with Crippen LogP contribution in [0.1, 0.15) is 61.4 Å². The first-order valence-electron chi connectivity index (χ1n) is 11.9. The number of cyclic esters (lactones) is 2. The van der Waals surface area contributed by atoms with Gasteiger partial charge in [0.25, 0.3) is 5.79 Å². The number of carbonyl (C=O) groups excluding carboxylic acids is 3. The van der Waals surface area contributed by atoms with Gasteiger partial charge in [0.15, 0.2) is 5.78 Å². The van der Waals surface area contributed by atoms with Crippen LogP contribution in [0.2, 0.25) is 0 Å². The number of fused-ring (bicyclic) bond motifs is 1. The molecular formula is C28H32O7. The lowest BCUT2D eigenvalue weighted by Gasteiger charge is -2.39. The normalized spacial score (nSPS) is 21.4. The van der Waals surface area contributed by atoms with Gasteiger partial charge in [-0.25, -0.2) is 0 Å². The largest absolute Gasteiger partial charge is 0.488 e. The zero-order valence-electron chi connectivity index (χ0n) is 21.2. The Morgan fingerprint density at radius 2 is 1.57 bits per heavy atom. The van der Waals surface area contributed by atoms with Crippen LogP contribution in [-0.4, -0.2) is 29.1 Å². The molecule has 0 aromatic heterocycles. The first-order chi connectivity index (χ1) is 16.4. The molecule has 2 heterocycles. The molecule has 1 atom stereocenters. The van der Waals surface area contributed by atoms with Gasteiger partial charge in [-0.15, -0.1) is 0 Å². The van der Waals surface area contributed by atoms with Crippen molar-refractivity contribution >= 4 is 17.7 Å². The number of carbonyl (C=O) groups is 3. The van der Waals surface area contributed by atoms with Crippen molar-refractivity contribution in [2.75, 3.05) is 0 Å². The minimum absolute atomic E-state index is 0.106. The average Bonchev–Trinajstić information content (AvgIpc) is 2.76. The highest BCUT2D eigenvalue weighted by molar-refractivity contribution is 6.16. The predicted molar refractivity (Wildman–Crippen MR) is 128 cm³/mol. The Bertz CT molecular complexity index is 1160. The first-order valence-corrected chi connectivity index (χ1v) is 11.9. The Labute approximate surface area is 205 Å². The van der Waals surface area contributed by atoms with Gasteiger partial charge in [0, 0.05) is 25.8 Å². The maximum Gasteiger partial charge on any atom is 0.331 e. The molecule has 1 saturated heterocycles. The van der Waals surface area contributed by atoms with E-state index in [1.165, 1.54) is 13.8 Å². The van der Waals surface area contributed by atoms with E-state index in [1.807, 2.05) is 58.0 Å².